The molecule has 1 aromatic rings. The third kappa shape index (κ3) is 11.6. The van der Waals surface area contributed by atoms with Gasteiger partial charge in [-0.15, -0.1) is 0 Å². The Morgan fingerprint density at radius 2 is 1.67 bits per heavy atom. The SMILES string of the molecule is C[C@@H](OC(C)(C)C)[C@H](NC(=O)OCc1ccccc1)C(=O)N[C@@H](CC1CCCCC1)C(=O)N[C@H](C=O)C[C@@H]1CCNC1=O. The highest BCUT2D eigenvalue weighted by Crippen LogP contribution is 2.28. The molecular weight excluding hydrogens is 552 g/mol. The first-order chi connectivity index (χ1) is 20.4. The smallest absolute Gasteiger partial charge is 0.408 e. The van der Waals surface area contributed by atoms with Gasteiger partial charge >= 0.3 is 6.09 Å². The largest absolute Gasteiger partial charge is 0.445 e. The summed E-state index contributed by atoms with van der Waals surface area (Å²) in [7, 11) is 0. The Bertz CT molecular complexity index is 1080. The first kappa shape index (κ1) is 34.0. The normalized spacial score (nSPS) is 20.2. The van der Waals surface area contributed by atoms with Gasteiger partial charge in [0, 0.05) is 12.5 Å². The van der Waals surface area contributed by atoms with E-state index in [2.05, 4.69) is 21.3 Å². The van der Waals surface area contributed by atoms with Crippen LogP contribution in [0.4, 0.5) is 4.79 Å². The summed E-state index contributed by atoms with van der Waals surface area (Å²) in [6, 6.07) is 6.21. The molecule has 2 fully saturated rings. The van der Waals surface area contributed by atoms with Gasteiger partial charge < -0.3 is 35.5 Å². The lowest BCUT2D eigenvalue weighted by molar-refractivity contribution is -0.136. The average Bonchev–Trinajstić information content (AvgIpc) is 3.37. The third-order valence-electron chi connectivity index (χ3n) is 7.90. The number of carbonyl (C=O) groups excluding carboxylic acids is 5. The summed E-state index contributed by atoms with van der Waals surface area (Å²) < 4.78 is 11.4. The molecular formula is C32H48N4O7. The third-order valence-corrected chi connectivity index (χ3v) is 7.90. The van der Waals surface area contributed by atoms with Gasteiger partial charge in [0.05, 0.1) is 17.7 Å². The number of hydrogen-bond donors (Lipinski definition) is 4. The van der Waals surface area contributed by atoms with Crippen LogP contribution in [-0.2, 0) is 35.3 Å². The van der Waals surface area contributed by atoms with Crippen LogP contribution in [0.15, 0.2) is 30.3 Å². The van der Waals surface area contributed by atoms with Crippen molar-refractivity contribution < 1.29 is 33.4 Å². The van der Waals surface area contributed by atoms with Gasteiger partial charge in [0.2, 0.25) is 17.7 Å². The van der Waals surface area contributed by atoms with Gasteiger partial charge in [-0.2, -0.15) is 0 Å². The summed E-state index contributed by atoms with van der Waals surface area (Å²) in [4.78, 5) is 64.0. The number of alkyl carbamates (subject to hydrolysis) is 1. The summed E-state index contributed by atoms with van der Waals surface area (Å²) in [5.41, 5.74) is 0.178. The van der Waals surface area contributed by atoms with E-state index in [4.69, 9.17) is 9.47 Å². The molecule has 1 aliphatic heterocycles. The minimum Gasteiger partial charge on any atom is -0.445 e. The van der Waals surface area contributed by atoms with Crippen molar-refractivity contribution in [2.75, 3.05) is 6.54 Å². The Balaban J connectivity index is 1.73. The molecule has 0 bridgehead atoms. The van der Waals surface area contributed by atoms with Crippen molar-refractivity contribution in [3.63, 3.8) is 0 Å². The lowest BCUT2D eigenvalue weighted by Crippen LogP contribution is -2.59. The predicted octanol–water partition coefficient (Wildman–Crippen LogP) is 3.15. The van der Waals surface area contributed by atoms with E-state index in [1.165, 1.54) is 0 Å². The molecule has 11 nitrogen and oxygen atoms in total. The van der Waals surface area contributed by atoms with Gasteiger partial charge in [-0.05, 0) is 58.4 Å². The van der Waals surface area contributed by atoms with Crippen molar-refractivity contribution >= 4 is 30.1 Å². The Hall–Kier alpha value is -3.47. The quantitative estimate of drug-likeness (QED) is 0.240. The summed E-state index contributed by atoms with van der Waals surface area (Å²) in [5.74, 6) is -1.35. The van der Waals surface area contributed by atoms with Crippen molar-refractivity contribution in [2.45, 2.75) is 115 Å². The molecule has 3 rings (SSSR count). The van der Waals surface area contributed by atoms with E-state index in [1.807, 2.05) is 51.1 Å². The van der Waals surface area contributed by atoms with Gasteiger partial charge in [0.1, 0.15) is 25.0 Å². The van der Waals surface area contributed by atoms with Crippen LogP contribution in [0.25, 0.3) is 0 Å². The number of benzene rings is 1. The molecule has 43 heavy (non-hydrogen) atoms. The van der Waals surface area contributed by atoms with Crippen LogP contribution in [0.5, 0.6) is 0 Å². The maximum atomic E-state index is 13.7. The molecule has 0 spiro atoms. The molecule has 1 aromatic carbocycles. The van der Waals surface area contributed by atoms with E-state index in [9.17, 15) is 24.0 Å². The first-order valence-electron chi connectivity index (χ1n) is 15.4. The minimum absolute atomic E-state index is 0.0222. The molecule has 238 valence electrons. The molecule has 5 atom stereocenters. The van der Waals surface area contributed by atoms with Crippen molar-refractivity contribution in [3.8, 4) is 0 Å². The van der Waals surface area contributed by atoms with Gasteiger partial charge in [-0.25, -0.2) is 4.79 Å². The van der Waals surface area contributed by atoms with Crippen molar-refractivity contribution in [3.05, 3.63) is 35.9 Å². The molecule has 2 aliphatic rings. The number of rotatable bonds is 14. The van der Waals surface area contributed by atoms with Crippen LogP contribution in [0, 0.1) is 11.8 Å². The van der Waals surface area contributed by atoms with E-state index in [1.54, 1.807) is 6.92 Å². The fourth-order valence-electron chi connectivity index (χ4n) is 5.77. The zero-order valence-electron chi connectivity index (χ0n) is 25.9. The van der Waals surface area contributed by atoms with Crippen molar-refractivity contribution in [2.24, 2.45) is 11.8 Å². The fraction of sp³-hybridized carbons (Fsp3) is 0.656. The van der Waals surface area contributed by atoms with Gasteiger partial charge in [-0.3, -0.25) is 14.4 Å². The number of carbonyl (C=O) groups is 5. The summed E-state index contributed by atoms with van der Waals surface area (Å²) >= 11 is 0. The van der Waals surface area contributed by atoms with Gasteiger partial charge in [0.25, 0.3) is 0 Å². The minimum atomic E-state index is -1.16. The lowest BCUT2D eigenvalue weighted by atomic mass is 9.84. The standard InChI is InChI=1S/C32H48N4O7/c1-21(43-32(2,3)4)27(36-31(41)42-20-23-13-9-6-10-14-23)30(40)35-26(17-22-11-7-5-8-12-22)29(39)34-25(19-37)18-24-15-16-33-28(24)38/h6,9-10,13-14,19,21-22,24-27H,5,7-8,11-12,15-18,20H2,1-4H3,(H,33,38)(H,34,39)(H,35,40)(H,36,41)/t21-,24+,25+,26+,27+/m1/s1. The number of nitrogens with one attached hydrogen (secondary N) is 4. The lowest BCUT2D eigenvalue weighted by Gasteiger charge is -2.32. The van der Waals surface area contributed by atoms with Crippen molar-refractivity contribution in [1.29, 1.82) is 0 Å². The van der Waals surface area contributed by atoms with E-state index in [0.29, 0.717) is 25.7 Å². The Labute approximate surface area is 254 Å². The summed E-state index contributed by atoms with van der Waals surface area (Å²) in [5, 5.41) is 11.0. The topological polar surface area (TPSA) is 152 Å². The number of amides is 4. The van der Waals surface area contributed by atoms with Crippen LogP contribution >= 0.6 is 0 Å². The number of aldehydes is 1. The Kier molecular flexibility index (Phi) is 13.0. The zero-order chi connectivity index (χ0) is 31.4. The van der Waals surface area contributed by atoms with Crippen LogP contribution in [-0.4, -0.2) is 66.5 Å². The molecule has 11 heteroatoms. The molecule has 1 heterocycles. The molecule has 1 saturated heterocycles. The van der Waals surface area contributed by atoms with Gasteiger partial charge in [0.15, 0.2) is 0 Å². The van der Waals surface area contributed by atoms with Crippen molar-refractivity contribution in [1.82, 2.24) is 21.3 Å². The second kappa shape index (κ2) is 16.4. The molecule has 4 N–H and O–H groups in total. The number of ether oxygens (including phenoxy) is 2. The zero-order valence-corrected chi connectivity index (χ0v) is 25.9. The Morgan fingerprint density at radius 3 is 2.28 bits per heavy atom. The molecule has 4 amide bonds. The molecule has 1 aliphatic carbocycles. The fourth-order valence-corrected chi connectivity index (χ4v) is 5.77. The van der Waals surface area contributed by atoms with Gasteiger partial charge in [-0.1, -0.05) is 62.4 Å². The average molecular weight is 601 g/mol. The highest BCUT2D eigenvalue weighted by Gasteiger charge is 2.36. The van der Waals surface area contributed by atoms with Crippen LogP contribution in [0.1, 0.15) is 84.6 Å². The van der Waals surface area contributed by atoms with E-state index in [0.717, 1.165) is 37.7 Å². The number of hydrogen-bond acceptors (Lipinski definition) is 7. The van der Waals surface area contributed by atoms with E-state index >= 15 is 0 Å². The maximum absolute atomic E-state index is 13.7. The molecule has 0 aromatic heterocycles. The summed E-state index contributed by atoms with van der Waals surface area (Å²) in [6.07, 6.45) is 5.38. The van der Waals surface area contributed by atoms with Crippen LogP contribution < -0.4 is 21.3 Å². The summed E-state index contributed by atoms with van der Waals surface area (Å²) in [6.45, 7) is 7.77. The molecule has 0 unspecified atom stereocenters. The Morgan fingerprint density at radius 1 is 0.977 bits per heavy atom. The van der Waals surface area contributed by atoms with Crippen LogP contribution in [0.2, 0.25) is 0 Å². The van der Waals surface area contributed by atoms with E-state index in [-0.39, 0.29) is 30.8 Å². The molecule has 0 radical (unpaired) electrons. The highest BCUT2D eigenvalue weighted by molar-refractivity contribution is 5.92. The van der Waals surface area contributed by atoms with Crippen LogP contribution in [0.3, 0.4) is 0 Å². The second-order valence-corrected chi connectivity index (χ2v) is 12.7. The second-order valence-electron chi connectivity index (χ2n) is 12.7. The predicted molar refractivity (Wildman–Crippen MR) is 161 cm³/mol. The highest BCUT2D eigenvalue weighted by atomic mass is 16.6. The first-order valence-corrected chi connectivity index (χ1v) is 15.4. The maximum Gasteiger partial charge on any atom is 0.408 e. The molecule has 1 saturated carbocycles. The monoisotopic (exact) mass is 600 g/mol. The van der Waals surface area contributed by atoms with E-state index < -0.39 is 47.7 Å².